The normalized spacial score (nSPS) is 17.1. The lowest BCUT2D eigenvalue weighted by Gasteiger charge is -2.14. The molecule has 2 rings (SSSR count). The van der Waals surface area contributed by atoms with Crippen molar-refractivity contribution in [2.24, 2.45) is 5.92 Å². The number of rotatable bonds is 4. The van der Waals surface area contributed by atoms with E-state index in [0.29, 0.717) is 12.5 Å². The monoisotopic (exact) mass is 353 g/mol. The van der Waals surface area contributed by atoms with Crippen LogP contribution in [0.2, 0.25) is 0 Å². The Labute approximate surface area is 122 Å². The van der Waals surface area contributed by atoms with E-state index in [4.69, 9.17) is 0 Å². The number of carbonyl (C=O) groups is 1. The Hall–Kier alpha value is -1.05. The molecule has 1 fully saturated rings. The lowest BCUT2D eigenvalue weighted by molar-refractivity contribution is -0.142. The average Bonchev–Trinajstić information content (AvgIpc) is 3.12. The van der Waals surface area contributed by atoms with Crippen LogP contribution in [0.4, 0.5) is 13.2 Å². The van der Waals surface area contributed by atoms with Gasteiger partial charge in [0.1, 0.15) is 6.04 Å². The Bertz CT molecular complexity index is 523. The van der Waals surface area contributed by atoms with Crippen molar-refractivity contribution in [1.82, 2.24) is 15.1 Å². The smallest absolute Gasteiger partial charge is 0.354 e. The summed E-state index contributed by atoms with van der Waals surface area (Å²) in [6, 6.07) is -0.777. The van der Waals surface area contributed by atoms with E-state index in [1.807, 2.05) is 0 Å². The topological polar surface area (TPSA) is 46.9 Å². The van der Waals surface area contributed by atoms with Crippen LogP contribution in [0.25, 0.3) is 0 Å². The van der Waals surface area contributed by atoms with Gasteiger partial charge in [-0.25, -0.2) is 0 Å². The van der Waals surface area contributed by atoms with Crippen LogP contribution in [0, 0.1) is 12.8 Å². The minimum Gasteiger partial charge on any atom is -0.354 e. The van der Waals surface area contributed by atoms with Crippen molar-refractivity contribution >= 4 is 21.8 Å². The molecule has 1 unspecified atom stereocenters. The molecule has 1 aromatic rings. The summed E-state index contributed by atoms with van der Waals surface area (Å²) in [6.45, 7) is 3.61. The molecule has 0 radical (unpaired) electrons. The zero-order valence-corrected chi connectivity index (χ0v) is 12.7. The fraction of sp³-hybridized carbons (Fsp3) is 0.667. The third-order valence-corrected chi connectivity index (χ3v) is 4.30. The van der Waals surface area contributed by atoms with Crippen molar-refractivity contribution in [3.8, 4) is 0 Å². The van der Waals surface area contributed by atoms with Gasteiger partial charge in [0.25, 0.3) is 0 Å². The van der Waals surface area contributed by atoms with Crippen LogP contribution in [-0.4, -0.2) is 22.2 Å². The summed E-state index contributed by atoms with van der Waals surface area (Å²) in [7, 11) is 0. The van der Waals surface area contributed by atoms with Gasteiger partial charge < -0.3 is 5.32 Å². The molecule has 0 saturated heterocycles. The van der Waals surface area contributed by atoms with Gasteiger partial charge >= 0.3 is 6.18 Å². The highest BCUT2D eigenvalue weighted by Gasteiger charge is 2.39. The number of aromatic nitrogens is 2. The maximum atomic E-state index is 12.8. The fourth-order valence-corrected chi connectivity index (χ4v) is 2.37. The SMILES string of the molecule is Cc1c(Br)c(C(F)(F)F)nn1C(C)C(=O)NCC1CC1. The zero-order valence-electron chi connectivity index (χ0n) is 11.1. The number of hydrogen-bond acceptors (Lipinski definition) is 2. The molecule has 1 amide bonds. The molecule has 1 atom stereocenters. The molecular weight excluding hydrogens is 339 g/mol. The Morgan fingerprint density at radius 2 is 2.15 bits per heavy atom. The predicted molar refractivity (Wildman–Crippen MR) is 70.1 cm³/mol. The highest BCUT2D eigenvalue weighted by Crippen LogP contribution is 2.36. The molecule has 1 heterocycles. The Kier molecular flexibility index (Phi) is 4.13. The summed E-state index contributed by atoms with van der Waals surface area (Å²) in [6.07, 6.45) is -2.35. The fourth-order valence-electron chi connectivity index (χ4n) is 1.88. The molecule has 0 bridgehead atoms. The van der Waals surface area contributed by atoms with E-state index >= 15 is 0 Å². The third kappa shape index (κ3) is 3.16. The first-order valence-corrected chi connectivity index (χ1v) is 7.10. The second-order valence-electron chi connectivity index (χ2n) is 5.05. The van der Waals surface area contributed by atoms with Gasteiger partial charge in [-0.3, -0.25) is 9.48 Å². The summed E-state index contributed by atoms with van der Waals surface area (Å²) < 4.78 is 39.3. The highest BCUT2D eigenvalue weighted by atomic mass is 79.9. The molecule has 1 saturated carbocycles. The van der Waals surface area contributed by atoms with E-state index in [2.05, 4.69) is 26.3 Å². The largest absolute Gasteiger partial charge is 0.436 e. The molecule has 1 aliphatic carbocycles. The summed E-state index contributed by atoms with van der Waals surface area (Å²) in [4.78, 5) is 11.9. The predicted octanol–water partition coefficient (Wildman–Crippen LogP) is 3.06. The van der Waals surface area contributed by atoms with Gasteiger partial charge in [-0.05, 0) is 48.5 Å². The zero-order chi connectivity index (χ0) is 15.1. The van der Waals surface area contributed by atoms with Crippen LogP contribution >= 0.6 is 15.9 Å². The van der Waals surface area contributed by atoms with Crippen LogP contribution in [0.3, 0.4) is 0 Å². The summed E-state index contributed by atoms with van der Waals surface area (Å²) >= 11 is 2.89. The van der Waals surface area contributed by atoms with Crippen molar-refractivity contribution < 1.29 is 18.0 Å². The molecule has 0 aliphatic heterocycles. The number of halogens is 4. The molecule has 8 heteroatoms. The molecule has 4 nitrogen and oxygen atoms in total. The Balaban J connectivity index is 2.16. The molecule has 112 valence electrons. The molecular formula is C12H15BrF3N3O. The molecule has 0 spiro atoms. The second-order valence-corrected chi connectivity index (χ2v) is 5.85. The summed E-state index contributed by atoms with van der Waals surface area (Å²) in [5.74, 6) is 0.200. The quantitative estimate of drug-likeness (QED) is 0.904. The van der Waals surface area contributed by atoms with E-state index in [-0.39, 0.29) is 16.1 Å². The number of carbonyl (C=O) groups excluding carboxylic acids is 1. The Morgan fingerprint density at radius 3 is 2.60 bits per heavy atom. The van der Waals surface area contributed by atoms with Gasteiger partial charge in [0.15, 0.2) is 5.69 Å². The highest BCUT2D eigenvalue weighted by molar-refractivity contribution is 9.10. The van der Waals surface area contributed by atoms with Gasteiger partial charge in [0.2, 0.25) is 5.91 Å². The minimum absolute atomic E-state index is 0.119. The molecule has 20 heavy (non-hydrogen) atoms. The molecule has 1 aromatic heterocycles. The number of alkyl halides is 3. The van der Waals surface area contributed by atoms with Crippen LogP contribution in [-0.2, 0) is 11.0 Å². The standard InChI is InChI=1S/C12H15BrF3N3O/c1-6-9(13)10(12(14,15)16)18-19(6)7(2)11(20)17-5-8-3-4-8/h7-8H,3-5H2,1-2H3,(H,17,20). The minimum atomic E-state index is -4.54. The number of nitrogens with zero attached hydrogens (tertiary/aromatic N) is 2. The van der Waals surface area contributed by atoms with Crippen molar-refractivity contribution in [1.29, 1.82) is 0 Å². The first kappa shape index (κ1) is 15.3. The lowest BCUT2D eigenvalue weighted by atomic mass is 10.3. The van der Waals surface area contributed by atoms with Gasteiger partial charge in [0, 0.05) is 6.54 Å². The maximum Gasteiger partial charge on any atom is 0.436 e. The molecule has 0 aromatic carbocycles. The maximum absolute atomic E-state index is 12.8. The van der Waals surface area contributed by atoms with Crippen LogP contribution in [0.15, 0.2) is 4.47 Å². The van der Waals surface area contributed by atoms with Gasteiger partial charge in [-0.1, -0.05) is 0 Å². The van der Waals surface area contributed by atoms with Crippen molar-refractivity contribution in [2.75, 3.05) is 6.54 Å². The molecule has 1 N–H and O–H groups in total. The summed E-state index contributed by atoms with van der Waals surface area (Å²) in [5.41, 5.74) is -0.719. The first-order chi connectivity index (χ1) is 9.21. The third-order valence-electron chi connectivity index (χ3n) is 3.35. The number of nitrogens with one attached hydrogen (secondary N) is 1. The van der Waals surface area contributed by atoms with Gasteiger partial charge in [0.05, 0.1) is 10.2 Å². The number of hydrogen-bond donors (Lipinski definition) is 1. The second kappa shape index (κ2) is 5.38. The van der Waals surface area contributed by atoms with Gasteiger partial charge in [-0.2, -0.15) is 18.3 Å². The Morgan fingerprint density at radius 1 is 1.55 bits per heavy atom. The van der Waals surface area contributed by atoms with Crippen LogP contribution < -0.4 is 5.32 Å². The lowest BCUT2D eigenvalue weighted by Crippen LogP contribution is -2.33. The van der Waals surface area contributed by atoms with E-state index in [1.165, 1.54) is 13.8 Å². The van der Waals surface area contributed by atoms with Gasteiger partial charge in [-0.15, -0.1) is 0 Å². The summed E-state index contributed by atoms with van der Waals surface area (Å²) in [5, 5.41) is 6.27. The number of amides is 1. The van der Waals surface area contributed by atoms with Crippen molar-refractivity contribution in [2.45, 2.75) is 38.9 Å². The van der Waals surface area contributed by atoms with E-state index in [9.17, 15) is 18.0 Å². The van der Waals surface area contributed by atoms with E-state index in [0.717, 1.165) is 17.5 Å². The molecule has 1 aliphatic rings. The van der Waals surface area contributed by atoms with Crippen LogP contribution in [0.5, 0.6) is 0 Å². The first-order valence-electron chi connectivity index (χ1n) is 6.31. The van der Waals surface area contributed by atoms with E-state index < -0.39 is 17.9 Å². The van der Waals surface area contributed by atoms with Crippen molar-refractivity contribution in [3.63, 3.8) is 0 Å². The average molecular weight is 354 g/mol. The van der Waals surface area contributed by atoms with Crippen LogP contribution in [0.1, 0.15) is 37.2 Å². The van der Waals surface area contributed by atoms with Crippen molar-refractivity contribution in [3.05, 3.63) is 15.9 Å². The van der Waals surface area contributed by atoms with E-state index in [1.54, 1.807) is 0 Å².